The second kappa shape index (κ2) is 11.0. The van der Waals surface area contributed by atoms with Gasteiger partial charge in [0.05, 0.1) is 27.0 Å². The van der Waals surface area contributed by atoms with Gasteiger partial charge in [-0.3, -0.25) is 10.1 Å². The third-order valence-corrected chi connectivity index (χ3v) is 6.90. The van der Waals surface area contributed by atoms with Gasteiger partial charge in [-0.1, -0.05) is 11.6 Å². The fraction of sp³-hybridized carbons (Fsp3) is 0.360. The molecule has 4 rings (SSSR count). The summed E-state index contributed by atoms with van der Waals surface area (Å²) in [5.41, 5.74) is -0.917. The van der Waals surface area contributed by atoms with Crippen molar-refractivity contribution in [2.45, 2.75) is 51.7 Å². The average molecular weight is 622 g/mol. The van der Waals surface area contributed by atoms with Crippen LogP contribution in [0.25, 0.3) is 10.6 Å². The number of aromatic nitrogens is 2. The van der Waals surface area contributed by atoms with Crippen LogP contribution in [0.5, 0.6) is 0 Å². The summed E-state index contributed by atoms with van der Waals surface area (Å²) in [6.45, 7) is 4.51. The molecule has 1 aliphatic rings. The Bertz CT molecular complexity index is 1490. The summed E-state index contributed by atoms with van der Waals surface area (Å²) < 4.78 is 85.1. The third kappa shape index (κ3) is 7.38. The predicted molar refractivity (Wildman–Crippen MR) is 140 cm³/mol. The van der Waals surface area contributed by atoms with E-state index in [2.05, 4.69) is 20.6 Å². The SMILES string of the molecule is CC(C)(C)OC(=O)Nc1csc(-c2nc(Nc3cc4c(cc3Cl)CN(C(=O)C(F)(F)F)CC4)ncc2C(F)(F)F)c1. The molecule has 0 spiro atoms. The number of alkyl halides is 6. The Morgan fingerprint density at radius 1 is 1.07 bits per heavy atom. The Balaban J connectivity index is 1.60. The molecular weight excluding hydrogens is 600 g/mol. The van der Waals surface area contributed by atoms with E-state index >= 15 is 0 Å². The molecule has 0 unspecified atom stereocenters. The Labute approximate surface area is 238 Å². The monoisotopic (exact) mass is 621 g/mol. The fourth-order valence-electron chi connectivity index (χ4n) is 3.93. The van der Waals surface area contributed by atoms with Gasteiger partial charge >= 0.3 is 24.4 Å². The molecule has 3 aromatic rings. The Morgan fingerprint density at radius 2 is 1.78 bits per heavy atom. The normalized spacial score (nSPS) is 14.0. The first-order chi connectivity index (χ1) is 18.9. The number of thiophene rings is 1. The molecule has 2 N–H and O–H groups in total. The van der Waals surface area contributed by atoms with Gasteiger partial charge in [-0.25, -0.2) is 14.8 Å². The Hall–Kier alpha value is -3.59. The van der Waals surface area contributed by atoms with Crippen molar-refractivity contribution in [2.24, 2.45) is 0 Å². The van der Waals surface area contributed by atoms with Crippen LogP contribution >= 0.6 is 22.9 Å². The van der Waals surface area contributed by atoms with Gasteiger partial charge in [0.2, 0.25) is 5.95 Å². The van der Waals surface area contributed by atoms with Crippen LogP contribution < -0.4 is 10.6 Å². The highest BCUT2D eigenvalue weighted by Gasteiger charge is 2.43. The Kier molecular flexibility index (Phi) is 8.15. The molecule has 0 fully saturated rings. The van der Waals surface area contributed by atoms with Crippen LogP contribution in [0.3, 0.4) is 0 Å². The van der Waals surface area contributed by atoms with E-state index < -0.39 is 41.2 Å². The standard InChI is InChI=1S/C25H22ClF6N5O3S/c1-23(2,3)40-22(39)34-14-8-18(41-11-14)19-15(24(27,28)29)9-33-21(36-19)35-17-7-12-4-5-37(20(38)25(30,31)32)10-13(12)6-16(17)26/h6-9,11H,4-5,10H2,1-3H3,(H,34,39)(H,33,35,36). The van der Waals surface area contributed by atoms with Crippen LogP contribution in [0.1, 0.15) is 37.5 Å². The van der Waals surface area contributed by atoms with Crippen LogP contribution in [0, 0.1) is 0 Å². The molecule has 1 aliphatic heterocycles. The van der Waals surface area contributed by atoms with Crippen molar-refractivity contribution in [3.05, 3.63) is 51.5 Å². The van der Waals surface area contributed by atoms with Crippen molar-refractivity contribution in [3.8, 4) is 10.6 Å². The van der Waals surface area contributed by atoms with Crippen molar-refractivity contribution in [1.29, 1.82) is 0 Å². The molecule has 0 saturated heterocycles. The molecule has 220 valence electrons. The summed E-state index contributed by atoms with van der Waals surface area (Å²) in [7, 11) is 0. The summed E-state index contributed by atoms with van der Waals surface area (Å²) in [6.07, 6.45) is -9.87. The topological polar surface area (TPSA) is 96.5 Å². The van der Waals surface area contributed by atoms with E-state index in [0.717, 1.165) is 11.3 Å². The van der Waals surface area contributed by atoms with Crippen LogP contribution in [0.2, 0.25) is 5.02 Å². The van der Waals surface area contributed by atoms with Crippen LogP contribution in [0.15, 0.2) is 29.8 Å². The van der Waals surface area contributed by atoms with Gasteiger partial charge in [-0.15, -0.1) is 11.3 Å². The van der Waals surface area contributed by atoms with Gasteiger partial charge < -0.3 is 15.0 Å². The van der Waals surface area contributed by atoms with Gasteiger partial charge in [-0.05, 0) is 56.5 Å². The number of rotatable bonds is 4. The number of carbonyl (C=O) groups excluding carboxylic acids is 2. The maximum Gasteiger partial charge on any atom is 0.471 e. The van der Waals surface area contributed by atoms with E-state index in [1.54, 1.807) is 20.8 Å². The summed E-state index contributed by atoms with van der Waals surface area (Å²) in [4.78, 5) is 32.3. The largest absolute Gasteiger partial charge is 0.471 e. The van der Waals surface area contributed by atoms with Crippen molar-refractivity contribution in [3.63, 3.8) is 0 Å². The van der Waals surface area contributed by atoms with E-state index in [9.17, 15) is 35.9 Å². The van der Waals surface area contributed by atoms with E-state index in [1.165, 1.54) is 23.6 Å². The second-order valence-corrected chi connectivity index (χ2v) is 11.3. The molecule has 0 aliphatic carbocycles. The lowest BCUT2D eigenvalue weighted by atomic mass is 9.99. The van der Waals surface area contributed by atoms with Crippen molar-refractivity contribution < 1.29 is 40.7 Å². The number of fused-ring (bicyclic) bond motifs is 1. The van der Waals surface area contributed by atoms with Gasteiger partial charge in [0.1, 0.15) is 11.2 Å². The molecule has 0 atom stereocenters. The maximum absolute atomic E-state index is 13.8. The average Bonchev–Trinajstić information content (AvgIpc) is 3.29. The van der Waals surface area contributed by atoms with Crippen molar-refractivity contribution in [2.75, 3.05) is 17.2 Å². The molecule has 2 aromatic heterocycles. The molecule has 8 nitrogen and oxygen atoms in total. The first-order valence-electron chi connectivity index (χ1n) is 11.9. The number of nitrogens with zero attached hydrogens (tertiary/aromatic N) is 3. The quantitative estimate of drug-likeness (QED) is 0.295. The first-order valence-corrected chi connectivity index (χ1v) is 13.1. The number of amides is 2. The summed E-state index contributed by atoms with van der Waals surface area (Å²) in [5.74, 6) is -2.18. The lowest BCUT2D eigenvalue weighted by Gasteiger charge is -2.30. The molecule has 0 bridgehead atoms. The van der Waals surface area contributed by atoms with Gasteiger partial charge in [-0.2, -0.15) is 26.3 Å². The van der Waals surface area contributed by atoms with E-state index in [4.69, 9.17) is 16.3 Å². The fourth-order valence-corrected chi connectivity index (χ4v) is 5.01. The van der Waals surface area contributed by atoms with Crippen LogP contribution in [-0.4, -0.2) is 45.2 Å². The molecule has 3 heterocycles. The van der Waals surface area contributed by atoms with Gasteiger partial charge in [0, 0.05) is 24.7 Å². The number of benzene rings is 1. The summed E-state index contributed by atoms with van der Waals surface area (Å²) >= 11 is 7.22. The zero-order valence-corrected chi connectivity index (χ0v) is 23.2. The zero-order valence-electron chi connectivity index (χ0n) is 21.6. The minimum absolute atomic E-state index is 0.0371. The number of hydrogen-bond donors (Lipinski definition) is 2. The molecule has 2 amide bonds. The van der Waals surface area contributed by atoms with Gasteiger partial charge in [0.15, 0.2) is 0 Å². The Morgan fingerprint density at radius 3 is 2.41 bits per heavy atom. The molecule has 0 saturated carbocycles. The van der Waals surface area contributed by atoms with E-state index in [-0.39, 0.29) is 46.7 Å². The number of carbonyl (C=O) groups is 2. The number of nitrogens with one attached hydrogen (secondary N) is 2. The van der Waals surface area contributed by atoms with Gasteiger partial charge in [0.25, 0.3) is 0 Å². The van der Waals surface area contributed by atoms with Crippen molar-refractivity contribution >= 4 is 52.3 Å². The minimum Gasteiger partial charge on any atom is -0.444 e. The number of halogens is 7. The summed E-state index contributed by atoms with van der Waals surface area (Å²) in [5, 5.41) is 6.70. The highest BCUT2D eigenvalue weighted by atomic mass is 35.5. The van der Waals surface area contributed by atoms with E-state index in [1.807, 2.05) is 0 Å². The predicted octanol–water partition coefficient (Wildman–Crippen LogP) is 7.41. The third-order valence-electron chi connectivity index (χ3n) is 5.65. The lowest BCUT2D eigenvalue weighted by molar-refractivity contribution is -0.186. The highest BCUT2D eigenvalue weighted by Crippen LogP contribution is 2.40. The van der Waals surface area contributed by atoms with Crippen molar-refractivity contribution in [1.82, 2.24) is 14.9 Å². The zero-order chi connectivity index (χ0) is 30.3. The van der Waals surface area contributed by atoms with E-state index in [0.29, 0.717) is 22.2 Å². The number of hydrogen-bond acceptors (Lipinski definition) is 7. The molecule has 41 heavy (non-hydrogen) atoms. The van der Waals surface area contributed by atoms with Crippen LogP contribution in [0.4, 0.5) is 48.5 Å². The summed E-state index contributed by atoms with van der Waals surface area (Å²) in [6, 6.07) is 4.23. The molecule has 0 radical (unpaired) electrons. The van der Waals surface area contributed by atoms with Crippen LogP contribution in [-0.2, 0) is 28.7 Å². The lowest BCUT2D eigenvalue weighted by Crippen LogP contribution is -2.43. The minimum atomic E-state index is -5.00. The maximum atomic E-state index is 13.8. The molecule has 16 heteroatoms. The highest BCUT2D eigenvalue weighted by molar-refractivity contribution is 7.14. The first kappa shape index (κ1) is 30.4. The molecular formula is C25H22ClF6N5O3S. The molecule has 1 aromatic carbocycles. The second-order valence-electron chi connectivity index (χ2n) is 9.98. The number of anilines is 3. The smallest absolute Gasteiger partial charge is 0.444 e. The number of ether oxygens (including phenoxy) is 1.